The van der Waals surface area contributed by atoms with Crippen LogP contribution >= 0.6 is 23.4 Å². The molecule has 3 rings (SSSR count). The molecule has 2 aromatic carbocycles. The van der Waals surface area contributed by atoms with Gasteiger partial charge in [0.15, 0.2) is 0 Å². The first kappa shape index (κ1) is 18.2. The van der Waals surface area contributed by atoms with E-state index in [0.717, 1.165) is 22.6 Å². The van der Waals surface area contributed by atoms with Crippen LogP contribution in [0, 0.1) is 0 Å². The Hall–Kier alpha value is -1.65. The van der Waals surface area contributed by atoms with Gasteiger partial charge in [-0.05, 0) is 51.1 Å². The highest BCUT2D eigenvalue weighted by Crippen LogP contribution is 2.39. The molecule has 3 nitrogen and oxygen atoms in total. The van der Waals surface area contributed by atoms with Crippen LogP contribution in [0.5, 0.6) is 5.75 Å². The summed E-state index contributed by atoms with van der Waals surface area (Å²) >= 11 is 7.44. The summed E-state index contributed by atoms with van der Waals surface area (Å²) in [6, 6.07) is 15.4. The molecule has 1 heterocycles. The van der Waals surface area contributed by atoms with Crippen LogP contribution in [0.15, 0.2) is 53.4 Å². The molecule has 0 bridgehead atoms. The second-order valence-corrected chi connectivity index (χ2v) is 8.73. The predicted octanol–water partition coefficient (Wildman–Crippen LogP) is 5.24. The first-order chi connectivity index (χ1) is 11.8. The highest BCUT2D eigenvalue weighted by molar-refractivity contribution is 8.00. The Morgan fingerprint density at radius 1 is 1.24 bits per heavy atom. The zero-order valence-corrected chi connectivity index (χ0v) is 16.2. The van der Waals surface area contributed by atoms with E-state index >= 15 is 0 Å². The van der Waals surface area contributed by atoms with Crippen LogP contribution < -0.4 is 10.1 Å². The maximum Gasteiger partial charge on any atom is 0.233 e. The molecule has 1 aliphatic rings. The molecular formula is C20H22ClNO2S. The number of para-hydroxylation sites is 1. The van der Waals surface area contributed by atoms with Gasteiger partial charge >= 0.3 is 0 Å². The van der Waals surface area contributed by atoms with Crippen molar-refractivity contribution in [1.82, 2.24) is 5.32 Å². The smallest absolute Gasteiger partial charge is 0.233 e. The quantitative estimate of drug-likeness (QED) is 0.742. The molecule has 0 aliphatic carbocycles. The maximum absolute atomic E-state index is 12.7. The van der Waals surface area contributed by atoms with Gasteiger partial charge in [0.05, 0.1) is 11.3 Å². The Labute approximate surface area is 158 Å². The minimum absolute atomic E-state index is 0.0254. The van der Waals surface area contributed by atoms with E-state index in [1.165, 1.54) is 11.8 Å². The molecular weight excluding hydrogens is 354 g/mol. The largest absolute Gasteiger partial charge is 0.487 e. The first-order valence-electron chi connectivity index (χ1n) is 8.35. The van der Waals surface area contributed by atoms with Crippen molar-refractivity contribution >= 4 is 29.3 Å². The average Bonchev–Trinajstić information content (AvgIpc) is 2.56. The molecule has 25 heavy (non-hydrogen) atoms. The van der Waals surface area contributed by atoms with Gasteiger partial charge in [-0.2, -0.15) is 0 Å². The zero-order valence-electron chi connectivity index (χ0n) is 14.6. The summed E-state index contributed by atoms with van der Waals surface area (Å²) in [6.07, 6.45) is 0.744. The molecule has 0 saturated carbocycles. The number of hydrogen-bond acceptors (Lipinski definition) is 3. The topological polar surface area (TPSA) is 38.3 Å². The van der Waals surface area contributed by atoms with Gasteiger partial charge in [0.25, 0.3) is 0 Å². The van der Waals surface area contributed by atoms with E-state index in [0.29, 0.717) is 5.02 Å². The Kier molecular flexibility index (Phi) is 5.30. The molecule has 132 valence electrons. The summed E-state index contributed by atoms with van der Waals surface area (Å²) in [5.41, 5.74) is 0.734. The first-order valence-corrected chi connectivity index (χ1v) is 9.60. The van der Waals surface area contributed by atoms with Gasteiger partial charge in [0.1, 0.15) is 11.4 Å². The third kappa shape index (κ3) is 4.50. The number of carbonyl (C=O) groups excluding carboxylic acids is 1. The lowest BCUT2D eigenvalue weighted by Crippen LogP contribution is -2.43. The van der Waals surface area contributed by atoms with Crippen molar-refractivity contribution in [3.05, 3.63) is 59.1 Å². The number of halogens is 1. The van der Waals surface area contributed by atoms with Gasteiger partial charge < -0.3 is 10.1 Å². The maximum atomic E-state index is 12.7. The fourth-order valence-electron chi connectivity index (χ4n) is 2.99. The highest BCUT2D eigenvalue weighted by atomic mass is 35.5. The molecule has 1 amide bonds. The third-order valence-corrected chi connectivity index (χ3v) is 5.55. The fraction of sp³-hybridized carbons (Fsp3) is 0.350. The molecule has 1 aliphatic heterocycles. The van der Waals surface area contributed by atoms with E-state index in [1.807, 2.05) is 69.3 Å². The number of amides is 1. The molecule has 2 atom stereocenters. The number of ether oxygens (including phenoxy) is 1. The molecule has 2 aromatic rings. The van der Waals surface area contributed by atoms with Gasteiger partial charge in [0.2, 0.25) is 5.91 Å². The molecule has 0 unspecified atom stereocenters. The Morgan fingerprint density at radius 2 is 1.92 bits per heavy atom. The highest BCUT2D eigenvalue weighted by Gasteiger charge is 2.34. The number of rotatable bonds is 4. The van der Waals surface area contributed by atoms with E-state index < -0.39 is 0 Å². The van der Waals surface area contributed by atoms with E-state index in [1.54, 1.807) is 0 Å². The van der Waals surface area contributed by atoms with E-state index in [-0.39, 0.29) is 22.8 Å². The third-order valence-electron chi connectivity index (χ3n) is 4.19. The molecule has 1 N–H and O–H groups in total. The van der Waals surface area contributed by atoms with Crippen molar-refractivity contribution in [2.24, 2.45) is 0 Å². The summed E-state index contributed by atoms with van der Waals surface area (Å²) < 4.78 is 6.03. The van der Waals surface area contributed by atoms with Gasteiger partial charge in [-0.15, -0.1) is 11.8 Å². The van der Waals surface area contributed by atoms with Crippen molar-refractivity contribution in [2.45, 2.75) is 49.0 Å². The van der Waals surface area contributed by atoms with Gasteiger partial charge in [0, 0.05) is 21.9 Å². The molecule has 0 aromatic heterocycles. The summed E-state index contributed by atoms with van der Waals surface area (Å²) in [7, 11) is 0. The summed E-state index contributed by atoms with van der Waals surface area (Å²) in [5, 5.41) is 3.70. The van der Waals surface area contributed by atoms with Crippen molar-refractivity contribution in [1.29, 1.82) is 0 Å². The van der Waals surface area contributed by atoms with Crippen molar-refractivity contribution < 1.29 is 9.53 Å². The lowest BCUT2D eigenvalue weighted by molar-refractivity contribution is -0.121. The van der Waals surface area contributed by atoms with Crippen LogP contribution in [0.3, 0.4) is 0 Å². The Bertz CT molecular complexity index is 761. The number of nitrogens with one attached hydrogen (secondary N) is 1. The van der Waals surface area contributed by atoms with Crippen molar-refractivity contribution in [3.8, 4) is 5.75 Å². The monoisotopic (exact) mass is 375 g/mol. The standard InChI is InChI=1S/C20H22ClNO2S/c1-13(25-15-10-8-14(21)9-11-15)19(23)22-17-12-20(2,3)24-18-7-5-4-6-16(17)18/h4-11,13,17H,12H2,1-3H3,(H,22,23)/t13-,17+/m0/s1. The molecule has 0 radical (unpaired) electrons. The predicted molar refractivity (Wildman–Crippen MR) is 103 cm³/mol. The normalized spacial score (nSPS) is 19.4. The summed E-state index contributed by atoms with van der Waals surface area (Å²) in [6.45, 7) is 6.02. The van der Waals surface area contributed by atoms with Crippen LogP contribution in [-0.4, -0.2) is 16.8 Å². The summed E-state index contributed by atoms with van der Waals surface area (Å²) in [4.78, 5) is 13.7. The number of benzene rings is 2. The molecule has 0 saturated heterocycles. The Morgan fingerprint density at radius 3 is 2.64 bits per heavy atom. The minimum atomic E-state index is -0.307. The number of hydrogen-bond donors (Lipinski definition) is 1. The lowest BCUT2D eigenvalue weighted by Gasteiger charge is -2.38. The lowest BCUT2D eigenvalue weighted by atomic mass is 9.89. The van der Waals surface area contributed by atoms with Crippen LogP contribution in [0.1, 0.15) is 38.8 Å². The fourth-order valence-corrected chi connectivity index (χ4v) is 3.99. The summed E-state index contributed by atoms with van der Waals surface area (Å²) in [5.74, 6) is 0.875. The number of carbonyl (C=O) groups is 1. The molecule has 0 fully saturated rings. The van der Waals surface area contributed by atoms with Gasteiger partial charge in [-0.3, -0.25) is 4.79 Å². The second-order valence-electron chi connectivity index (χ2n) is 6.88. The van der Waals surface area contributed by atoms with E-state index in [9.17, 15) is 4.79 Å². The average molecular weight is 376 g/mol. The zero-order chi connectivity index (χ0) is 18.0. The van der Waals surface area contributed by atoms with Crippen molar-refractivity contribution in [3.63, 3.8) is 0 Å². The van der Waals surface area contributed by atoms with Gasteiger partial charge in [-0.1, -0.05) is 29.8 Å². The van der Waals surface area contributed by atoms with E-state index in [2.05, 4.69) is 5.32 Å². The van der Waals surface area contributed by atoms with Crippen LogP contribution in [0.25, 0.3) is 0 Å². The molecule has 5 heteroatoms. The second kappa shape index (κ2) is 7.30. The minimum Gasteiger partial charge on any atom is -0.487 e. The Balaban J connectivity index is 1.70. The van der Waals surface area contributed by atoms with E-state index in [4.69, 9.17) is 16.3 Å². The van der Waals surface area contributed by atoms with Crippen LogP contribution in [-0.2, 0) is 4.79 Å². The van der Waals surface area contributed by atoms with Crippen LogP contribution in [0.4, 0.5) is 0 Å². The van der Waals surface area contributed by atoms with Crippen molar-refractivity contribution in [2.75, 3.05) is 0 Å². The molecule has 0 spiro atoms. The number of thioether (sulfide) groups is 1. The van der Waals surface area contributed by atoms with Gasteiger partial charge in [-0.25, -0.2) is 0 Å². The number of fused-ring (bicyclic) bond motifs is 1. The van der Waals surface area contributed by atoms with Crippen LogP contribution in [0.2, 0.25) is 5.02 Å². The SMILES string of the molecule is C[C@H](Sc1ccc(Cl)cc1)C(=O)N[C@@H]1CC(C)(C)Oc2ccccc21.